The Hall–Kier alpha value is -4.45. The number of amides is 1. The Bertz CT molecular complexity index is 1880. The molecule has 0 spiro atoms. The van der Waals surface area contributed by atoms with Crippen molar-refractivity contribution in [2.75, 3.05) is 71.9 Å². The first kappa shape index (κ1) is 31.2. The normalized spacial score (nSPS) is 15.0. The molecule has 1 amide bonds. The third kappa shape index (κ3) is 6.18. The molecule has 1 saturated heterocycles. The van der Waals surface area contributed by atoms with Gasteiger partial charge >= 0.3 is 0 Å². The molecule has 10 nitrogen and oxygen atoms in total. The topological polar surface area (TPSA) is 97.3 Å². The Morgan fingerprint density at radius 2 is 1.83 bits per heavy atom. The van der Waals surface area contributed by atoms with Crippen LogP contribution in [0.15, 0.2) is 53.5 Å². The van der Waals surface area contributed by atoms with Gasteiger partial charge in [-0.2, -0.15) is 0 Å². The minimum atomic E-state index is -0.613. The molecule has 0 radical (unpaired) electrons. The number of nitrogens with one attached hydrogen (secondary N) is 2. The van der Waals surface area contributed by atoms with Gasteiger partial charge in [0.25, 0.3) is 5.91 Å². The first-order valence-corrected chi connectivity index (χ1v) is 16.3. The van der Waals surface area contributed by atoms with Gasteiger partial charge in [0.05, 0.1) is 24.3 Å². The predicted molar refractivity (Wildman–Crippen MR) is 180 cm³/mol. The van der Waals surface area contributed by atoms with Crippen LogP contribution in [0.2, 0.25) is 0 Å². The van der Waals surface area contributed by atoms with Gasteiger partial charge in [-0.3, -0.25) is 14.5 Å². The molecule has 246 valence electrons. The minimum absolute atomic E-state index is 0.0548. The molecule has 0 atom stereocenters. The highest BCUT2D eigenvalue weighted by atomic mass is 19.1. The van der Waals surface area contributed by atoms with Gasteiger partial charge in [-0.25, -0.2) is 4.39 Å². The lowest BCUT2D eigenvalue weighted by molar-refractivity contribution is 0.0374. The molecular formula is C36H40FN5O5. The number of aromatic nitrogens is 1. The van der Waals surface area contributed by atoms with E-state index in [4.69, 9.17) is 14.2 Å². The minimum Gasteiger partial charge on any atom is -0.488 e. The summed E-state index contributed by atoms with van der Waals surface area (Å²) in [5.74, 6) is 0.200. The zero-order valence-electron chi connectivity index (χ0n) is 26.9. The van der Waals surface area contributed by atoms with E-state index in [0.717, 1.165) is 62.1 Å². The molecule has 1 fully saturated rings. The summed E-state index contributed by atoms with van der Waals surface area (Å²) in [6.07, 6.45) is 4.06. The summed E-state index contributed by atoms with van der Waals surface area (Å²) < 4.78 is 35.6. The number of unbranched alkanes of at least 4 members (excludes halogenated alkanes) is 1. The number of ether oxygens (including phenoxy) is 3. The quantitative estimate of drug-likeness (QED) is 0.195. The van der Waals surface area contributed by atoms with E-state index in [9.17, 15) is 9.59 Å². The van der Waals surface area contributed by atoms with Crippen molar-refractivity contribution in [2.24, 2.45) is 0 Å². The van der Waals surface area contributed by atoms with Gasteiger partial charge in [-0.1, -0.05) is 24.3 Å². The first-order valence-electron chi connectivity index (χ1n) is 16.3. The molecule has 4 aromatic rings. The van der Waals surface area contributed by atoms with Gasteiger partial charge in [-0.05, 0) is 69.7 Å². The average Bonchev–Trinajstić information content (AvgIpc) is 3.08. The van der Waals surface area contributed by atoms with Crippen LogP contribution >= 0.6 is 0 Å². The van der Waals surface area contributed by atoms with E-state index in [0.29, 0.717) is 55.6 Å². The van der Waals surface area contributed by atoms with E-state index in [1.165, 1.54) is 6.07 Å². The molecule has 0 bridgehead atoms. The van der Waals surface area contributed by atoms with E-state index in [1.807, 2.05) is 50.5 Å². The Morgan fingerprint density at radius 3 is 2.66 bits per heavy atom. The third-order valence-corrected chi connectivity index (χ3v) is 9.04. The SMILES string of the molecule is CN(C)CCCCNc1c(F)cc2c(=O)c(C(=O)NCCCN3CCOCC3)cn3c2c1Oc1cc2c(cc1-3)-c1ccccc1CO2. The maximum Gasteiger partial charge on any atom is 0.256 e. The van der Waals surface area contributed by atoms with E-state index in [2.05, 4.69) is 20.4 Å². The molecule has 3 aliphatic rings. The molecular weight excluding hydrogens is 601 g/mol. The summed E-state index contributed by atoms with van der Waals surface area (Å²) in [7, 11) is 4.04. The summed E-state index contributed by atoms with van der Waals surface area (Å²) >= 11 is 0. The van der Waals surface area contributed by atoms with Crippen molar-refractivity contribution in [3.63, 3.8) is 0 Å². The van der Waals surface area contributed by atoms with E-state index in [-0.39, 0.29) is 22.4 Å². The van der Waals surface area contributed by atoms with Gasteiger partial charge < -0.3 is 34.3 Å². The number of morpholine rings is 1. The van der Waals surface area contributed by atoms with E-state index in [1.54, 1.807) is 10.8 Å². The Morgan fingerprint density at radius 1 is 1.00 bits per heavy atom. The number of hydrogen-bond donors (Lipinski definition) is 2. The fourth-order valence-corrected chi connectivity index (χ4v) is 6.56. The molecule has 47 heavy (non-hydrogen) atoms. The summed E-state index contributed by atoms with van der Waals surface area (Å²) in [6.45, 7) is 6.25. The zero-order chi connectivity index (χ0) is 32.5. The number of carbonyl (C=O) groups is 1. The Labute approximate surface area is 273 Å². The van der Waals surface area contributed by atoms with Crippen molar-refractivity contribution in [1.82, 2.24) is 19.7 Å². The Kier molecular flexibility index (Phi) is 8.85. The number of fused-ring (bicyclic) bond motifs is 5. The van der Waals surface area contributed by atoms with Crippen LogP contribution in [0.1, 0.15) is 35.2 Å². The lowest BCUT2D eigenvalue weighted by Crippen LogP contribution is -2.38. The molecule has 7 rings (SSSR count). The summed E-state index contributed by atoms with van der Waals surface area (Å²) in [6, 6.07) is 13.0. The van der Waals surface area contributed by atoms with Gasteiger partial charge in [0.1, 0.15) is 29.1 Å². The molecule has 0 aliphatic carbocycles. The number of benzene rings is 3. The number of hydrogen-bond acceptors (Lipinski definition) is 8. The number of nitrogens with zero attached hydrogens (tertiary/aromatic N) is 3. The van der Waals surface area contributed by atoms with Crippen molar-refractivity contribution in [2.45, 2.75) is 25.9 Å². The van der Waals surface area contributed by atoms with Crippen molar-refractivity contribution in [3.05, 3.63) is 75.8 Å². The van der Waals surface area contributed by atoms with Crippen LogP contribution in [-0.2, 0) is 11.3 Å². The molecule has 3 aliphatic heterocycles. The highest BCUT2D eigenvalue weighted by molar-refractivity contribution is 6.01. The summed E-state index contributed by atoms with van der Waals surface area (Å²) in [5.41, 5.74) is 3.60. The van der Waals surface area contributed by atoms with Gasteiger partial charge in [0, 0.05) is 44.0 Å². The molecule has 2 N–H and O–H groups in total. The van der Waals surface area contributed by atoms with Crippen LogP contribution in [0.5, 0.6) is 17.2 Å². The number of pyridine rings is 1. The number of carbonyl (C=O) groups excluding carboxylic acids is 1. The number of halogens is 1. The number of rotatable bonds is 11. The molecule has 0 saturated carbocycles. The van der Waals surface area contributed by atoms with E-state index >= 15 is 4.39 Å². The van der Waals surface area contributed by atoms with E-state index < -0.39 is 17.2 Å². The lowest BCUT2D eigenvalue weighted by Gasteiger charge is -2.29. The largest absolute Gasteiger partial charge is 0.488 e. The molecule has 1 aromatic heterocycles. The average molecular weight is 642 g/mol. The lowest BCUT2D eigenvalue weighted by atomic mass is 9.95. The van der Waals surface area contributed by atoms with Crippen molar-refractivity contribution < 1.29 is 23.4 Å². The number of anilines is 1. The second-order valence-electron chi connectivity index (χ2n) is 12.6. The van der Waals surface area contributed by atoms with Gasteiger partial charge in [-0.15, -0.1) is 0 Å². The summed E-state index contributed by atoms with van der Waals surface area (Å²) in [5, 5.41) is 6.23. The van der Waals surface area contributed by atoms with Crippen molar-refractivity contribution >= 4 is 22.5 Å². The van der Waals surface area contributed by atoms with Crippen LogP contribution in [0, 0.1) is 5.82 Å². The monoisotopic (exact) mass is 641 g/mol. The van der Waals surface area contributed by atoms with Gasteiger partial charge in [0.15, 0.2) is 17.3 Å². The highest BCUT2D eigenvalue weighted by Gasteiger charge is 2.31. The second kappa shape index (κ2) is 13.3. The predicted octanol–water partition coefficient (Wildman–Crippen LogP) is 5.00. The maximum absolute atomic E-state index is 15.9. The zero-order valence-corrected chi connectivity index (χ0v) is 26.9. The standard InChI is InChI=1S/C36H40FN5O5/c1-40(2)12-6-5-10-38-32-28(37)18-26-33-35(32)47-31-20-30-25(24-9-4-3-8-23(24)22-46-30)19-29(31)42(33)21-27(34(26)43)36(44)39-11-7-13-41-14-16-45-17-15-41/h3-4,8-9,18-21,38H,5-7,10-17,22H2,1-2H3,(H,39,44). The van der Waals surface area contributed by atoms with Crippen LogP contribution in [0.4, 0.5) is 10.1 Å². The van der Waals surface area contributed by atoms with Crippen molar-refractivity contribution in [3.8, 4) is 34.1 Å². The van der Waals surface area contributed by atoms with Gasteiger partial charge in [0.2, 0.25) is 5.43 Å². The molecule has 4 heterocycles. The molecule has 3 aromatic carbocycles. The third-order valence-electron chi connectivity index (χ3n) is 9.04. The summed E-state index contributed by atoms with van der Waals surface area (Å²) in [4.78, 5) is 31.8. The highest BCUT2D eigenvalue weighted by Crippen LogP contribution is 2.49. The Balaban J connectivity index is 1.27. The van der Waals surface area contributed by atoms with Crippen LogP contribution in [0.25, 0.3) is 27.7 Å². The fourth-order valence-electron chi connectivity index (χ4n) is 6.56. The van der Waals surface area contributed by atoms with Crippen LogP contribution < -0.4 is 25.5 Å². The van der Waals surface area contributed by atoms with Crippen molar-refractivity contribution in [1.29, 1.82) is 0 Å². The second-order valence-corrected chi connectivity index (χ2v) is 12.6. The fraction of sp³-hybridized carbons (Fsp3) is 0.389. The maximum atomic E-state index is 15.9. The first-order chi connectivity index (χ1) is 22.9. The molecule has 0 unspecified atom stereocenters. The van der Waals surface area contributed by atoms with Crippen LogP contribution in [-0.4, -0.2) is 86.9 Å². The van der Waals surface area contributed by atoms with Crippen LogP contribution in [0.3, 0.4) is 0 Å². The smallest absolute Gasteiger partial charge is 0.256 e. The molecule has 11 heteroatoms.